The van der Waals surface area contributed by atoms with Gasteiger partial charge < -0.3 is 0 Å². The highest BCUT2D eigenvalue weighted by molar-refractivity contribution is 4.62. The van der Waals surface area contributed by atoms with Gasteiger partial charge in [0.05, 0.1) is 0 Å². The fourth-order valence-corrected chi connectivity index (χ4v) is 0.185. The highest BCUT2D eigenvalue weighted by Gasteiger charge is 2.17. The first-order chi connectivity index (χ1) is 3.72. The smallest absolute Gasteiger partial charge is 0.257 e. The number of halogens is 3. The first kappa shape index (κ1) is 7.71. The molecule has 0 rings (SSSR count). The molecule has 0 aromatic heterocycles. The minimum atomic E-state index is -2.73. The van der Waals surface area contributed by atoms with E-state index in [1.165, 1.54) is 0 Å². The molecule has 0 saturated heterocycles. The van der Waals surface area contributed by atoms with E-state index in [2.05, 4.69) is 5.84 Å². The van der Waals surface area contributed by atoms with E-state index in [0.29, 0.717) is 0 Å². The van der Waals surface area contributed by atoms with E-state index in [1.807, 2.05) is 0 Å². The molecule has 0 spiro atoms. The maximum absolute atomic E-state index is 11.3. The highest BCUT2D eigenvalue weighted by Crippen LogP contribution is 1.98. The largest absolute Gasteiger partial charge is 0.271 e. The normalized spacial score (nSPS) is 14.6. The summed E-state index contributed by atoms with van der Waals surface area (Å²) in [4.78, 5) is 0. The summed E-state index contributed by atoms with van der Waals surface area (Å²) < 4.78 is 33.9. The maximum Gasteiger partial charge on any atom is 0.257 e. The van der Waals surface area contributed by atoms with Crippen LogP contribution >= 0.6 is 0 Å². The van der Waals surface area contributed by atoms with Gasteiger partial charge in [-0.2, -0.15) is 0 Å². The van der Waals surface area contributed by atoms with Crippen molar-refractivity contribution in [2.45, 2.75) is 12.5 Å². The van der Waals surface area contributed by atoms with Crippen LogP contribution in [0.25, 0.3) is 0 Å². The molecule has 1 unspecified atom stereocenters. The van der Waals surface area contributed by atoms with Crippen LogP contribution in [0, 0.1) is 0 Å². The van der Waals surface area contributed by atoms with E-state index >= 15 is 0 Å². The molecule has 0 heterocycles. The van der Waals surface area contributed by atoms with Gasteiger partial charge in [-0.05, 0) is 0 Å². The minimum absolute atomic E-state index is 1.14. The number of rotatable bonds is 3. The lowest BCUT2D eigenvalue weighted by Gasteiger charge is -2.08. The van der Waals surface area contributed by atoms with Crippen LogP contribution in [0.1, 0.15) is 0 Å². The van der Waals surface area contributed by atoms with Gasteiger partial charge in [0.2, 0.25) is 0 Å². The minimum Gasteiger partial charge on any atom is -0.271 e. The summed E-state index contributed by atoms with van der Waals surface area (Å²) in [6.45, 7) is -1.14. The summed E-state index contributed by atoms with van der Waals surface area (Å²) in [5.74, 6) is 4.51. The van der Waals surface area contributed by atoms with Gasteiger partial charge in [-0.25, -0.2) is 18.6 Å². The fourth-order valence-electron chi connectivity index (χ4n) is 0.185. The first-order valence-corrected chi connectivity index (χ1v) is 2.02. The lowest BCUT2D eigenvalue weighted by molar-refractivity contribution is 0.0854. The molecule has 0 aromatic carbocycles. The number of hydrazine groups is 1. The third kappa shape index (κ3) is 2.13. The van der Waals surface area contributed by atoms with Gasteiger partial charge in [0.25, 0.3) is 6.43 Å². The molecule has 0 amide bonds. The third-order valence-corrected chi connectivity index (χ3v) is 0.684. The van der Waals surface area contributed by atoms with E-state index in [4.69, 9.17) is 0 Å². The molecule has 2 nitrogen and oxygen atoms in total. The van der Waals surface area contributed by atoms with Gasteiger partial charge >= 0.3 is 0 Å². The second kappa shape index (κ2) is 3.68. The molecule has 0 saturated carbocycles. The van der Waals surface area contributed by atoms with Crippen molar-refractivity contribution in [1.82, 2.24) is 5.43 Å². The Hall–Kier alpha value is -0.290. The van der Waals surface area contributed by atoms with Crippen molar-refractivity contribution in [3.63, 3.8) is 0 Å². The van der Waals surface area contributed by atoms with E-state index in [1.54, 1.807) is 5.43 Å². The van der Waals surface area contributed by atoms with Gasteiger partial charge in [0.1, 0.15) is 12.7 Å². The van der Waals surface area contributed by atoms with Gasteiger partial charge in [0.15, 0.2) is 0 Å². The molecule has 0 radical (unpaired) electrons. The first-order valence-electron chi connectivity index (χ1n) is 2.02. The predicted octanol–water partition coefficient (Wildman–Crippen LogP) is 0.0529. The van der Waals surface area contributed by atoms with E-state index < -0.39 is 19.1 Å². The molecule has 50 valence electrons. The molecule has 0 bridgehead atoms. The van der Waals surface area contributed by atoms with Crippen LogP contribution in [0.4, 0.5) is 13.2 Å². The predicted molar refractivity (Wildman–Crippen MR) is 23.1 cm³/mol. The van der Waals surface area contributed by atoms with Crippen molar-refractivity contribution in [2.24, 2.45) is 5.84 Å². The van der Waals surface area contributed by atoms with Crippen LogP contribution < -0.4 is 11.3 Å². The molecule has 3 N–H and O–H groups in total. The average Bonchev–Trinajstić information content (AvgIpc) is 1.69. The number of hydrogen-bond acceptors (Lipinski definition) is 2. The summed E-state index contributed by atoms with van der Waals surface area (Å²) in [6.07, 6.45) is -2.73. The quantitative estimate of drug-likeness (QED) is 0.416. The lowest BCUT2D eigenvalue weighted by atomic mass is 10.4. The molecule has 8 heavy (non-hydrogen) atoms. The Morgan fingerprint density at radius 3 is 2.00 bits per heavy atom. The Morgan fingerprint density at radius 1 is 1.50 bits per heavy atom. The number of nitrogens with two attached hydrogens (primary N) is 1. The second-order valence-electron chi connectivity index (χ2n) is 1.26. The van der Waals surface area contributed by atoms with Gasteiger partial charge in [0, 0.05) is 0 Å². The van der Waals surface area contributed by atoms with Crippen molar-refractivity contribution >= 4 is 0 Å². The SMILES string of the molecule is NNC(CF)C(F)F. The Balaban J connectivity index is 3.35. The van der Waals surface area contributed by atoms with Crippen molar-refractivity contribution in [2.75, 3.05) is 6.67 Å². The zero-order chi connectivity index (χ0) is 6.57. The summed E-state index contributed by atoms with van der Waals surface area (Å²) in [5.41, 5.74) is 1.63. The molecule has 0 aliphatic carbocycles. The van der Waals surface area contributed by atoms with Crippen LogP contribution in [0.3, 0.4) is 0 Å². The molecular formula is C3H7F3N2. The van der Waals surface area contributed by atoms with Crippen molar-refractivity contribution in [3.05, 3.63) is 0 Å². The molecule has 0 aromatic rings. The van der Waals surface area contributed by atoms with Crippen LogP contribution in [0.2, 0.25) is 0 Å². The summed E-state index contributed by atoms with van der Waals surface area (Å²) >= 11 is 0. The molecule has 0 aliphatic rings. The zero-order valence-corrected chi connectivity index (χ0v) is 4.07. The Bertz CT molecular complexity index is 54.5. The van der Waals surface area contributed by atoms with Crippen molar-refractivity contribution in [1.29, 1.82) is 0 Å². The highest BCUT2D eigenvalue weighted by atomic mass is 19.3. The van der Waals surface area contributed by atoms with Crippen molar-refractivity contribution in [3.8, 4) is 0 Å². The van der Waals surface area contributed by atoms with Gasteiger partial charge in [-0.3, -0.25) is 5.84 Å². The average molecular weight is 128 g/mol. The lowest BCUT2D eigenvalue weighted by Crippen LogP contribution is -2.42. The third-order valence-electron chi connectivity index (χ3n) is 0.684. The van der Waals surface area contributed by atoms with Gasteiger partial charge in [-0.15, -0.1) is 0 Å². The summed E-state index contributed by atoms with van der Waals surface area (Å²) in [5, 5.41) is 0. The molecule has 1 atom stereocenters. The van der Waals surface area contributed by atoms with Crippen LogP contribution in [0.5, 0.6) is 0 Å². The molecular weight excluding hydrogens is 121 g/mol. The van der Waals surface area contributed by atoms with Crippen LogP contribution in [-0.2, 0) is 0 Å². The van der Waals surface area contributed by atoms with Crippen LogP contribution in [-0.4, -0.2) is 19.1 Å². The fraction of sp³-hybridized carbons (Fsp3) is 1.00. The summed E-state index contributed by atoms with van der Waals surface area (Å²) in [7, 11) is 0. The monoisotopic (exact) mass is 128 g/mol. The number of nitrogens with one attached hydrogen (secondary N) is 1. The van der Waals surface area contributed by atoms with Crippen molar-refractivity contribution < 1.29 is 13.2 Å². The van der Waals surface area contributed by atoms with Gasteiger partial charge in [-0.1, -0.05) is 0 Å². The number of alkyl halides is 3. The Labute approximate surface area is 44.8 Å². The standard InChI is InChI=1S/C3H7F3N2/c4-1-2(8-7)3(5)6/h2-3,8H,1,7H2. The Kier molecular flexibility index (Phi) is 3.55. The molecule has 0 fully saturated rings. The van der Waals surface area contributed by atoms with E-state index in [9.17, 15) is 13.2 Å². The Morgan fingerprint density at radius 2 is 2.00 bits per heavy atom. The molecule has 5 heteroatoms. The molecule has 0 aliphatic heterocycles. The van der Waals surface area contributed by atoms with Crippen LogP contribution in [0.15, 0.2) is 0 Å². The van der Waals surface area contributed by atoms with E-state index in [0.717, 1.165) is 0 Å². The van der Waals surface area contributed by atoms with E-state index in [-0.39, 0.29) is 0 Å². The summed E-state index contributed by atoms with van der Waals surface area (Å²) in [6, 6.07) is -1.52. The zero-order valence-electron chi connectivity index (χ0n) is 4.07. The maximum atomic E-state index is 11.3. The number of hydrogen-bond donors (Lipinski definition) is 2. The second-order valence-corrected chi connectivity index (χ2v) is 1.26. The topological polar surface area (TPSA) is 38.0 Å².